The molecule has 0 saturated heterocycles. The Morgan fingerprint density at radius 2 is 2.19 bits per heavy atom. The number of halogens is 2. The van der Waals surface area contributed by atoms with Crippen molar-refractivity contribution in [2.45, 2.75) is 11.8 Å². The molecule has 5 nitrogen and oxygen atoms in total. The molecule has 0 amide bonds. The van der Waals surface area contributed by atoms with E-state index >= 15 is 0 Å². The Bertz CT molecular complexity index is 449. The van der Waals surface area contributed by atoms with Gasteiger partial charge in [-0.05, 0) is 11.1 Å². The summed E-state index contributed by atoms with van der Waals surface area (Å²) in [7, 11) is 0. The van der Waals surface area contributed by atoms with Gasteiger partial charge in [-0.1, -0.05) is 27.5 Å². The van der Waals surface area contributed by atoms with Gasteiger partial charge in [-0.3, -0.25) is 14.9 Å². The SMILES string of the molecule is O=C(O)Cc1cc([N+](=O)[O-])cc(Cl)c1CBr. The van der Waals surface area contributed by atoms with Crippen molar-refractivity contribution in [1.82, 2.24) is 0 Å². The minimum Gasteiger partial charge on any atom is -0.481 e. The first kappa shape index (κ1) is 12.9. The number of alkyl halides is 1. The minimum absolute atomic E-state index is 0.197. The second kappa shape index (κ2) is 5.27. The molecule has 0 aliphatic heterocycles. The van der Waals surface area contributed by atoms with Crippen molar-refractivity contribution >= 4 is 39.2 Å². The lowest BCUT2D eigenvalue weighted by Crippen LogP contribution is -2.04. The summed E-state index contributed by atoms with van der Waals surface area (Å²) in [5.41, 5.74) is 0.712. The molecule has 7 heteroatoms. The fourth-order valence-corrected chi connectivity index (χ4v) is 2.38. The molecule has 0 spiro atoms. The summed E-state index contributed by atoms with van der Waals surface area (Å²) in [6, 6.07) is 2.44. The van der Waals surface area contributed by atoms with Crippen molar-refractivity contribution in [1.29, 1.82) is 0 Å². The number of carboxylic acids is 1. The number of hydrogen-bond donors (Lipinski definition) is 1. The van der Waals surface area contributed by atoms with Gasteiger partial charge >= 0.3 is 5.97 Å². The maximum absolute atomic E-state index is 10.6. The molecule has 86 valence electrons. The van der Waals surface area contributed by atoms with Crippen LogP contribution in [-0.2, 0) is 16.5 Å². The molecule has 0 fully saturated rings. The average Bonchev–Trinajstić information content (AvgIpc) is 2.16. The number of aliphatic carboxylic acids is 1. The lowest BCUT2D eigenvalue weighted by molar-refractivity contribution is -0.384. The van der Waals surface area contributed by atoms with E-state index in [1.807, 2.05) is 0 Å². The molecule has 0 aliphatic carbocycles. The third-order valence-electron chi connectivity index (χ3n) is 1.96. The highest BCUT2D eigenvalue weighted by Crippen LogP contribution is 2.28. The third kappa shape index (κ3) is 2.93. The number of hydrogen-bond acceptors (Lipinski definition) is 3. The number of carboxylic acid groups (broad SMARTS) is 1. The molecule has 0 radical (unpaired) electrons. The van der Waals surface area contributed by atoms with Crippen LogP contribution in [0.1, 0.15) is 11.1 Å². The third-order valence-corrected chi connectivity index (χ3v) is 2.86. The first-order valence-electron chi connectivity index (χ1n) is 4.19. The van der Waals surface area contributed by atoms with E-state index in [4.69, 9.17) is 16.7 Å². The normalized spacial score (nSPS) is 10.1. The Hall–Kier alpha value is -1.14. The molecule has 16 heavy (non-hydrogen) atoms. The fourth-order valence-electron chi connectivity index (χ4n) is 1.25. The maximum Gasteiger partial charge on any atom is 0.307 e. The molecule has 0 aromatic heterocycles. The second-order valence-electron chi connectivity index (χ2n) is 3.03. The van der Waals surface area contributed by atoms with Crippen LogP contribution in [0.2, 0.25) is 5.02 Å². The summed E-state index contributed by atoms with van der Waals surface area (Å²) in [6.45, 7) is 0. The van der Waals surface area contributed by atoms with Gasteiger partial charge in [-0.15, -0.1) is 0 Å². The summed E-state index contributed by atoms with van der Waals surface area (Å²) in [6.07, 6.45) is -0.289. The van der Waals surface area contributed by atoms with E-state index < -0.39 is 10.9 Å². The van der Waals surface area contributed by atoms with Crippen LogP contribution in [0, 0.1) is 10.1 Å². The molecule has 0 atom stereocenters. The zero-order chi connectivity index (χ0) is 12.3. The molecule has 0 unspecified atom stereocenters. The van der Waals surface area contributed by atoms with Gasteiger partial charge in [0.05, 0.1) is 16.4 Å². The Kier molecular flexibility index (Phi) is 4.26. The summed E-state index contributed by atoms with van der Waals surface area (Å²) >= 11 is 9.00. The molecule has 1 rings (SSSR count). The highest BCUT2D eigenvalue weighted by atomic mass is 79.9. The molecule has 0 saturated carbocycles. The van der Waals surface area contributed by atoms with Crippen molar-refractivity contribution in [3.63, 3.8) is 0 Å². The zero-order valence-corrected chi connectivity index (χ0v) is 10.3. The van der Waals surface area contributed by atoms with E-state index in [-0.39, 0.29) is 17.1 Å². The molecule has 0 aliphatic rings. The number of non-ortho nitro benzene ring substituents is 1. The largest absolute Gasteiger partial charge is 0.481 e. The van der Waals surface area contributed by atoms with Gasteiger partial charge in [-0.2, -0.15) is 0 Å². The van der Waals surface area contributed by atoms with Crippen LogP contribution < -0.4 is 0 Å². The highest BCUT2D eigenvalue weighted by Gasteiger charge is 2.16. The van der Waals surface area contributed by atoms with Crippen molar-refractivity contribution < 1.29 is 14.8 Å². The van der Waals surface area contributed by atoms with Crippen molar-refractivity contribution in [2.75, 3.05) is 0 Å². The van der Waals surface area contributed by atoms with E-state index in [1.165, 1.54) is 12.1 Å². The molecule has 0 bridgehead atoms. The van der Waals surface area contributed by atoms with Gasteiger partial charge in [0.1, 0.15) is 0 Å². The topological polar surface area (TPSA) is 80.4 Å². The van der Waals surface area contributed by atoms with Crippen LogP contribution in [0.5, 0.6) is 0 Å². The van der Waals surface area contributed by atoms with Crippen LogP contribution in [0.15, 0.2) is 12.1 Å². The van der Waals surface area contributed by atoms with Crippen LogP contribution in [0.3, 0.4) is 0 Å². The molecule has 1 aromatic rings. The van der Waals surface area contributed by atoms with E-state index in [9.17, 15) is 14.9 Å². The van der Waals surface area contributed by atoms with Gasteiger partial charge in [-0.25, -0.2) is 0 Å². The summed E-state index contributed by atoms with van der Waals surface area (Å²) in [5, 5.41) is 19.8. The molecule has 1 aromatic carbocycles. The van der Waals surface area contributed by atoms with E-state index in [1.54, 1.807) is 0 Å². The van der Waals surface area contributed by atoms with E-state index in [2.05, 4.69) is 15.9 Å². The van der Waals surface area contributed by atoms with Crippen LogP contribution in [-0.4, -0.2) is 16.0 Å². The Labute approximate surface area is 104 Å². The van der Waals surface area contributed by atoms with Crippen LogP contribution in [0.4, 0.5) is 5.69 Å². The van der Waals surface area contributed by atoms with Gasteiger partial charge in [0.2, 0.25) is 0 Å². The van der Waals surface area contributed by atoms with Gasteiger partial charge in [0.15, 0.2) is 0 Å². The van der Waals surface area contributed by atoms with Crippen molar-refractivity contribution in [3.05, 3.63) is 38.4 Å². The Morgan fingerprint density at radius 3 is 2.62 bits per heavy atom. The molecular formula is C9H7BrClNO4. The number of nitrogens with zero attached hydrogens (tertiary/aromatic N) is 1. The van der Waals surface area contributed by atoms with Crippen molar-refractivity contribution in [2.24, 2.45) is 0 Å². The van der Waals surface area contributed by atoms with E-state index in [0.717, 1.165) is 0 Å². The van der Waals surface area contributed by atoms with E-state index in [0.29, 0.717) is 16.5 Å². The number of nitro groups is 1. The second-order valence-corrected chi connectivity index (χ2v) is 3.99. The summed E-state index contributed by atoms with van der Waals surface area (Å²) in [4.78, 5) is 20.6. The first-order chi connectivity index (χ1) is 7.45. The summed E-state index contributed by atoms with van der Waals surface area (Å²) in [5.74, 6) is -1.06. The van der Waals surface area contributed by atoms with Gasteiger partial charge in [0.25, 0.3) is 5.69 Å². The Balaban J connectivity index is 3.30. The predicted molar refractivity (Wildman–Crippen MR) is 62.1 cm³/mol. The van der Waals surface area contributed by atoms with Crippen molar-refractivity contribution in [3.8, 4) is 0 Å². The zero-order valence-electron chi connectivity index (χ0n) is 7.94. The number of benzene rings is 1. The van der Waals surface area contributed by atoms with Gasteiger partial charge in [0, 0.05) is 17.5 Å². The lowest BCUT2D eigenvalue weighted by Gasteiger charge is -2.07. The lowest BCUT2D eigenvalue weighted by atomic mass is 10.0. The number of carbonyl (C=O) groups is 1. The monoisotopic (exact) mass is 307 g/mol. The average molecular weight is 309 g/mol. The molecular weight excluding hydrogens is 301 g/mol. The standard InChI is InChI=1S/C9H7BrClNO4/c10-4-7-5(2-9(13)14)1-6(12(15)16)3-8(7)11/h1,3H,2,4H2,(H,13,14). The predicted octanol–water partition coefficient (Wildman–Crippen LogP) is 2.77. The fraction of sp³-hybridized carbons (Fsp3) is 0.222. The first-order valence-corrected chi connectivity index (χ1v) is 5.69. The van der Waals surface area contributed by atoms with Crippen LogP contribution in [0.25, 0.3) is 0 Å². The van der Waals surface area contributed by atoms with Crippen LogP contribution >= 0.6 is 27.5 Å². The maximum atomic E-state index is 10.6. The Morgan fingerprint density at radius 1 is 1.56 bits per heavy atom. The number of nitro benzene ring substituents is 1. The van der Waals surface area contributed by atoms with Gasteiger partial charge < -0.3 is 5.11 Å². The minimum atomic E-state index is -1.06. The highest BCUT2D eigenvalue weighted by molar-refractivity contribution is 9.08. The molecule has 1 N–H and O–H groups in total. The molecule has 0 heterocycles. The quantitative estimate of drug-likeness (QED) is 0.527. The summed E-state index contributed by atoms with van der Waals surface area (Å²) < 4.78 is 0. The number of rotatable bonds is 4. The smallest absolute Gasteiger partial charge is 0.307 e.